The molecule has 12 heteroatoms. The van der Waals surface area contributed by atoms with Gasteiger partial charge in [-0.05, 0) is 59.7 Å². The number of rotatable bonds is 6. The van der Waals surface area contributed by atoms with E-state index in [2.05, 4.69) is 15.0 Å². The van der Waals surface area contributed by atoms with E-state index in [-0.39, 0.29) is 28.1 Å². The number of carbonyl (C=O) groups is 2. The van der Waals surface area contributed by atoms with Gasteiger partial charge >= 0.3 is 6.18 Å². The Morgan fingerprint density at radius 3 is 2.36 bits per heavy atom. The number of benzene rings is 3. The number of hydrogen-bond donors (Lipinski definition) is 4. The van der Waals surface area contributed by atoms with E-state index >= 15 is 0 Å². The van der Waals surface area contributed by atoms with E-state index in [4.69, 9.17) is 5.73 Å². The zero-order chi connectivity index (χ0) is 26.3. The summed E-state index contributed by atoms with van der Waals surface area (Å²) in [7, 11) is -3.48. The molecule has 5 N–H and O–H groups in total. The molecule has 8 nitrogen and oxygen atoms in total. The van der Waals surface area contributed by atoms with Crippen molar-refractivity contribution in [3.05, 3.63) is 83.6 Å². The largest absolute Gasteiger partial charge is 0.417 e. The summed E-state index contributed by atoms with van der Waals surface area (Å²) in [5.74, 6) is -1.44. The second-order valence-corrected chi connectivity index (χ2v) is 9.77. The molecule has 0 aliphatic heterocycles. The van der Waals surface area contributed by atoms with E-state index < -0.39 is 33.6 Å². The molecule has 0 fully saturated rings. The van der Waals surface area contributed by atoms with Crippen LogP contribution in [0, 0.1) is 0 Å². The summed E-state index contributed by atoms with van der Waals surface area (Å²) in [6.07, 6.45) is -3.67. The molecule has 0 saturated carbocycles. The Morgan fingerprint density at radius 1 is 0.944 bits per heavy atom. The number of H-pyrrole nitrogens is 1. The molecule has 0 atom stereocenters. The lowest BCUT2D eigenvalue weighted by atomic mass is 9.96. The molecule has 1 heterocycles. The van der Waals surface area contributed by atoms with Crippen molar-refractivity contribution in [1.29, 1.82) is 0 Å². The zero-order valence-corrected chi connectivity index (χ0v) is 19.4. The fraction of sp³-hybridized carbons (Fsp3) is 0.0833. The van der Waals surface area contributed by atoms with Crippen LogP contribution in [0.2, 0.25) is 0 Å². The summed E-state index contributed by atoms with van der Waals surface area (Å²) in [5, 5.41) is 3.27. The number of anilines is 2. The maximum Gasteiger partial charge on any atom is 0.417 e. The fourth-order valence-corrected chi connectivity index (χ4v) is 4.23. The van der Waals surface area contributed by atoms with Gasteiger partial charge in [0.2, 0.25) is 15.9 Å². The zero-order valence-electron chi connectivity index (χ0n) is 18.6. The average Bonchev–Trinajstić information content (AvgIpc) is 3.21. The Kier molecular flexibility index (Phi) is 6.23. The number of primary amides is 1. The van der Waals surface area contributed by atoms with Crippen molar-refractivity contribution in [1.82, 2.24) is 4.98 Å². The summed E-state index contributed by atoms with van der Waals surface area (Å²) in [4.78, 5) is 27.2. The highest BCUT2D eigenvalue weighted by Crippen LogP contribution is 2.38. The quantitative estimate of drug-likeness (QED) is 0.299. The van der Waals surface area contributed by atoms with E-state index in [0.29, 0.717) is 16.6 Å². The van der Waals surface area contributed by atoms with Crippen LogP contribution >= 0.6 is 0 Å². The first-order valence-corrected chi connectivity index (χ1v) is 12.2. The van der Waals surface area contributed by atoms with Crippen molar-refractivity contribution >= 4 is 44.1 Å². The van der Waals surface area contributed by atoms with Crippen LogP contribution in [0.25, 0.3) is 22.0 Å². The lowest BCUT2D eigenvalue weighted by Gasteiger charge is -2.15. The molecule has 1 aromatic heterocycles. The molecule has 186 valence electrons. The number of amides is 2. The van der Waals surface area contributed by atoms with Crippen LogP contribution in [0.15, 0.2) is 66.7 Å². The number of fused-ring (bicyclic) bond motifs is 1. The molecule has 0 aliphatic rings. The number of hydrogen-bond acceptors (Lipinski definition) is 4. The maximum atomic E-state index is 13.6. The number of nitrogens with two attached hydrogens (primary N) is 1. The standard InChI is InChI=1S/C24H19F3N4O4S/c1-36(34,35)31-17-7-5-14-11-21(30-20(14)12-17)23(33)29-16-4-2-3-13(9-16)18-10-15(22(28)32)6-8-19(18)24(25,26)27/h2-12,30-31H,1H3,(H2,28,32)(H,29,33). The Hall–Kier alpha value is -4.32. The van der Waals surface area contributed by atoms with Crippen molar-refractivity contribution in [3.8, 4) is 11.1 Å². The molecule has 3 aromatic carbocycles. The van der Waals surface area contributed by atoms with E-state index in [1.54, 1.807) is 18.2 Å². The van der Waals surface area contributed by atoms with Gasteiger partial charge in [0.05, 0.1) is 17.5 Å². The van der Waals surface area contributed by atoms with Crippen LogP contribution in [-0.2, 0) is 16.2 Å². The Balaban J connectivity index is 1.64. The van der Waals surface area contributed by atoms with Crippen molar-refractivity contribution in [2.75, 3.05) is 16.3 Å². The van der Waals surface area contributed by atoms with E-state index in [0.717, 1.165) is 24.5 Å². The third-order valence-electron chi connectivity index (χ3n) is 5.21. The molecule has 0 bridgehead atoms. The third-order valence-corrected chi connectivity index (χ3v) is 5.82. The van der Waals surface area contributed by atoms with Crippen molar-refractivity contribution in [3.63, 3.8) is 0 Å². The van der Waals surface area contributed by atoms with E-state index in [9.17, 15) is 31.2 Å². The number of aromatic amines is 1. The van der Waals surface area contributed by atoms with Crippen LogP contribution in [-0.4, -0.2) is 31.5 Å². The van der Waals surface area contributed by atoms with E-state index in [1.165, 1.54) is 30.3 Å². The van der Waals surface area contributed by atoms with Crippen molar-refractivity contribution in [2.24, 2.45) is 5.73 Å². The maximum absolute atomic E-state index is 13.6. The summed E-state index contributed by atoms with van der Waals surface area (Å²) < 4.78 is 66.0. The van der Waals surface area contributed by atoms with Gasteiger partial charge in [0.1, 0.15) is 5.69 Å². The third kappa shape index (κ3) is 5.49. The minimum atomic E-state index is -4.68. The van der Waals surface area contributed by atoms with Gasteiger partial charge in [-0.25, -0.2) is 8.42 Å². The Labute approximate surface area is 203 Å². The Bertz CT molecular complexity index is 1610. The smallest absolute Gasteiger partial charge is 0.366 e. The summed E-state index contributed by atoms with van der Waals surface area (Å²) >= 11 is 0. The summed E-state index contributed by atoms with van der Waals surface area (Å²) in [6.45, 7) is 0. The normalized spacial score (nSPS) is 11.9. The fourth-order valence-electron chi connectivity index (χ4n) is 3.67. The Morgan fingerprint density at radius 2 is 1.69 bits per heavy atom. The number of carbonyl (C=O) groups excluding carboxylic acids is 2. The van der Waals surface area contributed by atoms with Crippen molar-refractivity contribution in [2.45, 2.75) is 6.18 Å². The van der Waals surface area contributed by atoms with E-state index in [1.807, 2.05) is 0 Å². The van der Waals surface area contributed by atoms with Gasteiger partial charge in [0.25, 0.3) is 5.91 Å². The van der Waals surface area contributed by atoms with Gasteiger partial charge in [0.15, 0.2) is 0 Å². The highest BCUT2D eigenvalue weighted by molar-refractivity contribution is 7.92. The van der Waals surface area contributed by atoms with Crippen LogP contribution in [0.5, 0.6) is 0 Å². The predicted molar refractivity (Wildman–Crippen MR) is 130 cm³/mol. The number of halogens is 3. The lowest BCUT2D eigenvalue weighted by Crippen LogP contribution is -2.14. The molecule has 0 radical (unpaired) electrons. The second kappa shape index (κ2) is 9.04. The van der Waals surface area contributed by atoms with Gasteiger partial charge in [-0.1, -0.05) is 18.2 Å². The lowest BCUT2D eigenvalue weighted by molar-refractivity contribution is -0.137. The van der Waals surface area contributed by atoms with Crippen LogP contribution in [0.1, 0.15) is 26.4 Å². The second-order valence-electron chi connectivity index (χ2n) is 8.02. The molecule has 36 heavy (non-hydrogen) atoms. The molecule has 0 saturated heterocycles. The van der Waals surface area contributed by atoms with Gasteiger partial charge in [-0.2, -0.15) is 13.2 Å². The minimum Gasteiger partial charge on any atom is -0.366 e. The number of nitrogens with one attached hydrogen (secondary N) is 3. The minimum absolute atomic E-state index is 0.0877. The molecule has 4 aromatic rings. The monoisotopic (exact) mass is 516 g/mol. The molecule has 0 aliphatic carbocycles. The first-order valence-electron chi connectivity index (χ1n) is 10.3. The molecule has 0 unspecified atom stereocenters. The van der Waals surface area contributed by atoms with Crippen LogP contribution in [0.4, 0.5) is 24.5 Å². The highest BCUT2D eigenvalue weighted by Gasteiger charge is 2.34. The number of sulfonamides is 1. The summed E-state index contributed by atoms with van der Waals surface area (Å²) in [6, 6.07) is 14.8. The molecular formula is C24H19F3N4O4S. The molecule has 4 rings (SSSR count). The first-order chi connectivity index (χ1) is 16.8. The van der Waals surface area contributed by atoms with Gasteiger partial charge < -0.3 is 16.0 Å². The van der Waals surface area contributed by atoms with Crippen molar-refractivity contribution < 1.29 is 31.2 Å². The topological polar surface area (TPSA) is 134 Å². The number of alkyl halides is 3. The first kappa shape index (κ1) is 24.8. The highest BCUT2D eigenvalue weighted by atomic mass is 32.2. The van der Waals surface area contributed by atoms with Crippen LogP contribution in [0.3, 0.4) is 0 Å². The SMILES string of the molecule is CS(=O)(=O)Nc1ccc2cc(C(=O)Nc3cccc(-c4cc(C(N)=O)ccc4C(F)(F)F)c3)[nH]c2c1. The van der Waals surface area contributed by atoms with Gasteiger partial charge in [-0.15, -0.1) is 0 Å². The molecular weight excluding hydrogens is 497 g/mol. The average molecular weight is 517 g/mol. The molecule has 2 amide bonds. The molecule has 0 spiro atoms. The number of aromatic nitrogens is 1. The predicted octanol–water partition coefficient (Wildman–Crippen LogP) is 4.58. The van der Waals surface area contributed by atoms with Crippen LogP contribution < -0.4 is 15.8 Å². The van der Waals surface area contributed by atoms with Gasteiger partial charge in [-0.3, -0.25) is 14.3 Å². The summed E-state index contributed by atoms with van der Waals surface area (Å²) in [5.41, 5.74) is 5.24. The van der Waals surface area contributed by atoms with Gasteiger partial charge in [0, 0.05) is 22.2 Å².